The van der Waals surface area contributed by atoms with Crippen molar-refractivity contribution in [2.75, 3.05) is 26.2 Å². The molecule has 0 fully saturated rings. The molecule has 0 saturated heterocycles. The van der Waals surface area contributed by atoms with Crippen LogP contribution in [0.4, 0.5) is 0 Å². The van der Waals surface area contributed by atoms with E-state index in [1.54, 1.807) is 12.2 Å². The smallest absolute Gasteiger partial charge is 0.336 e. The monoisotopic (exact) mass is 708 g/mol. The average molecular weight is 710 g/mol. The molecule has 8 heteroatoms. The summed E-state index contributed by atoms with van der Waals surface area (Å²) in [7, 11) is 0. The van der Waals surface area contributed by atoms with Gasteiger partial charge in [-0.15, -0.1) is 0 Å². The van der Waals surface area contributed by atoms with Gasteiger partial charge in [0, 0.05) is 16.5 Å². The minimum atomic E-state index is -0.940. The Morgan fingerprint density at radius 1 is 0.609 bits per heavy atom. The number of thiocarbonyl (C=S) groups is 2. The topological polar surface area (TPSA) is 74.6 Å². The number of hydrogen-bond donors (Lipinski definition) is 2. The molecule has 254 valence electrons. The Kier molecular flexibility index (Phi) is 20.0. The van der Waals surface area contributed by atoms with Gasteiger partial charge in [-0.2, -0.15) is 0 Å². The fourth-order valence-corrected chi connectivity index (χ4v) is 6.49. The average Bonchev–Trinajstić information content (AvgIpc) is 3.05. The minimum Gasteiger partial charge on any atom is -0.478 e. The minimum absolute atomic E-state index is 0. The van der Waals surface area contributed by atoms with Gasteiger partial charge in [-0.3, -0.25) is 0 Å². The maximum atomic E-state index is 10.8. The fourth-order valence-electron chi connectivity index (χ4n) is 5.75. The van der Waals surface area contributed by atoms with Crippen LogP contribution in [0.2, 0.25) is 0 Å². The number of benzene rings is 2. The van der Waals surface area contributed by atoms with Crippen molar-refractivity contribution >= 4 is 46.1 Å². The molecule has 0 radical (unpaired) electrons. The molecule has 2 aliphatic rings. The molecule has 2 aromatic rings. The van der Waals surface area contributed by atoms with Crippen molar-refractivity contribution in [2.24, 2.45) is 0 Å². The Morgan fingerprint density at radius 3 is 1.20 bits per heavy atom. The third-order valence-corrected chi connectivity index (χ3v) is 9.35. The summed E-state index contributed by atoms with van der Waals surface area (Å²) in [5.41, 5.74) is 4.45. The second-order valence-corrected chi connectivity index (χ2v) is 12.7. The normalized spacial score (nSPS) is 13.3. The summed E-state index contributed by atoms with van der Waals surface area (Å²) >= 11 is 10.2. The van der Waals surface area contributed by atoms with Crippen molar-refractivity contribution in [3.63, 3.8) is 0 Å². The zero-order valence-corrected chi connectivity index (χ0v) is 30.6. The molecule has 0 unspecified atom stereocenters. The number of rotatable bonds is 14. The molecular weight excluding hydrogens is 657 g/mol. The first-order chi connectivity index (χ1) is 21.6. The Bertz CT molecular complexity index is 1240. The Labute approximate surface area is 297 Å². The Morgan fingerprint density at radius 2 is 0.913 bits per heavy atom. The van der Waals surface area contributed by atoms with Crippen molar-refractivity contribution in [3.05, 3.63) is 94.1 Å². The van der Waals surface area contributed by atoms with E-state index in [-0.39, 0.29) is 27.6 Å². The fraction of sp³-hybridized carbons (Fsp3) is 0.474. The van der Waals surface area contributed by atoms with Crippen LogP contribution in [0.15, 0.2) is 71.8 Å². The van der Waals surface area contributed by atoms with E-state index in [9.17, 15) is 9.59 Å². The summed E-state index contributed by atoms with van der Waals surface area (Å²) in [6, 6.07) is 15.3. The summed E-state index contributed by atoms with van der Waals surface area (Å²) in [6.45, 7) is 15.0. The van der Waals surface area contributed by atoms with Crippen LogP contribution in [0, 0.1) is 0 Å². The maximum absolute atomic E-state index is 10.8. The predicted molar refractivity (Wildman–Crippen MR) is 194 cm³/mol. The molecule has 2 aromatic carbocycles. The number of unbranched alkanes of at least 4 members (excludes halogenated alkanes) is 4. The number of hydrogen-bond acceptors (Lipinski definition) is 4. The molecule has 4 rings (SSSR count). The van der Waals surface area contributed by atoms with Crippen molar-refractivity contribution in [1.29, 1.82) is 0 Å². The number of carbonyl (C=O) groups is 2. The number of fused-ring (bicyclic) bond motifs is 2. The second kappa shape index (κ2) is 22.1. The van der Waals surface area contributed by atoms with Crippen LogP contribution < -0.4 is 0 Å². The largest absolute Gasteiger partial charge is 0.478 e. The van der Waals surface area contributed by atoms with Gasteiger partial charge in [0.15, 0.2) is 0 Å². The molecule has 0 heterocycles. The molecule has 0 bridgehead atoms. The number of allylic oxidation sites excluding steroid dienone is 2. The van der Waals surface area contributed by atoms with E-state index < -0.39 is 11.9 Å². The van der Waals surface area contributed by atoms with E-state index in [1.807, 2.05) is 48.5 Å². The first-order valence-electron chi connectivity index (χ1n) is 16.6. The summed E-state index contributed by atoms with van der Waals surface area (Å²) in [5.74, 6) is -1.88. The molecule has 2 N–H and O–H groups in total. The Balaban J connectivity index is 0.000000343. The van der Waals surface area contributed by atoms with Crippen LogP contribution in [-0.2, 0) is 38.9 Å². The maximum Gasteiger partial charge on any atom is 0.336 e. The third kappa shape index (κ3) is 12.6. The van der Waals surface area contributed by atoms with Gasteiger partial charge in [0.25, 0.3) is 0 Å². The Hall–Kier alpha value is -2.51. The zero-order chi connectivity index (χ0) is 33.2. The van der Waals surface area contributed by atoms with Gasteiger partial charge in [-0.1, -0.05) is 138 Å². The third-order valence-electron chi connectivity index (χ3n) is 8.47. The summed E-state index contributed by atoms with van der Waals surface area (Å²) < 4.78 is 1.42. The number of carboxylic acid groups (broad SMARTS) is 2. The van der Waals surface area contributed by atoms with Crippen molar-refractivity contribution in [1.82, 2.24) is 0 Å². The van der Waals surface area contributed by atoms with Crippen molar-refractivity contribution in [2.45, 2.75) is 91.9 Å². The quantitative estimate of drug-likeness (QED) is 0.116. The van der Waals surface area contributed by atoms with Crippen LogP contribution in [0.25, 0.3) is 0 Å². The van der Waals surface area contributed by atoms with Crippen LogP contribution >= 0.6 is 24.4 Å². The molecular formula is C38H52NNiO4S2+. The number of carboxylic acids is 2. The van der Waals surface area contributed by atoms with E-state index in [1.165, 1.54) is 82.0 Å². The van der Waals surface area contributed by atoms with E-state index >= 15 is 0 Å². The molecule has 0 atom stereocenters. The van der Waals surface area contributed by atoms with Crippen molar-refractivity contribution < 1.29 is 40.8 Å². The van der Waals surface area contributed by atoms with Crippen LogP contribution in [0.3, 0.4) is 0 Å². The predicted octanol–water partition coefficient (Wildman–Crippen LogP) is 8.94. The standard InChI is InChI=1S/C16H36N.2C11H8O2S.Ni/c1-5-9-13-17(14-10-6-2,15-11-7-3)16-12-8-4;2*12-11(13)9-6-5-7-3-1-2-4-8(7)10(9)14;/h5-16H2,1-4H3;2*1-4,6H,5H2,(H,12,13);/q+1;;;. The first-order valence-corrected chi connectivity index (χ1v) is 17.4. The molecule has 46 heavy (non-hydrogen) atoms. The van der Waals surface area contributed by atoms with Gasteiger partial charge in [-0.05, 0) is 60.8 Å². The van der Waals surface area contributed by atoms with Crippen LogP contribution in [0.5, 0.6) is 0 Å². The van der Waals surface area contributed by atoms with Gasteiger partial charge in [-0.25, -0.2) is 9.59 Å². The van der Waals surface area contributed by atoms with Gasteiger partial charge < -0.3 is 14.7 Å². The molecule has 0 amide bonds. The summed E-state index contributed by atoms with van der Waals surface area (Å²) in [6.07, 6.45) is 15.7. The number of aliphatic carboxylic acids is 2. The second-order valence-electron chi connectivity index (χ2n) is 11.9. The molecule has 0 saturated carbocycles. The number of nitrogens with zero attached hydrogens (tertiary/aromatic N) is 1. The molecule has 2 aliphatic carbocycles. The SMILES string of the molecule is CCCC[N+](CCCC)(CCCC)CCCC.O=C(O)C1=CCc2ccccc2C1=S.O=C(O)C1=CCc2ccccc2C1=S.[Ni]. The van der Waals surface area contributed by atoms with Crippen LogP contribution in [-0.4, -0.2) is 62.5 Å². The summed E-state index contributed by atoms with van der Waals surface area (Å²) in [4.78, 5) is 22.5. The van der Waals surface area contributed by atoms with E-state index in [0.717, 1.165) is 22.3 Å². The van der Waals surface area contributed by atoms with E-state index in [2.05, 4.69) is 27.7 Å². The first kappa shape index (κ1) is 41.5. The molecule has 0 aliphatic heterocycles. The zero-order valence-electron chi connectivity index (χ0n) is 28.0. The molecule has 0 aromatic heterocycles. The van der Waals surface area contributed by atoms with Gasteiger partial charge in [0.05, 0.1) is 47.1 Å². The summed E-state index contributed by atoms with van der Waals surface area (Å²) in [5, 5.41) is 17.8. The van der Waals surface area contributed by atoms with E-state index in [4.69, 9.17) is 34.6 Å². The molecule has 5 nitrogen and oxygen atoms in total. The van der Waals surface area contributed by atoms with Crippen LogP contribution in [0.1, 0.15) is 101 Å². The van der Waals surface area contributed by atoms with Gasteiger partial charge >= 0.3 is 11.9 Å². The van der Waals surface area contributed by atoms with Gasteiger partial charge in [0.2, 0.25) is 0 Å². The van der Waals surface area contributed by atoms with Gasteiger partial charge in [0.1, 0.15) is 0 Å². The molecule has 0 spiro atoms. The van der Waals surface area contributed by atoms with Crippen molar-refractivity contribution in [3.8, 4) is 0 Å². The number of quaternary nitrogens is 1. The van der Waals surface area contributed by atoms with E-state index in [0.29, 0.717) is 22.6 Å².